The predicted molar refractivity (Wildman–Crippen MR) is 88.6 cm³/mol. The first-order valence-electron chi connectivity index (χ1n) is 7.13. The number of hydrogen-bond acceptors (Lipinski definition) is 3. The molecule has 5 heteroatoms. The Morgan fingerprint density at radius 3 is 2.90 bits per heavy atom. The van der Waals surface area contributed by atoms with E-state index in [1.54, 1.807) is 7.11 Å². The summed E-state index contributed by atoms with van der Waals surface area (Å²) in [5.74, 6) is 2.57. The van der Waals surface area contributed by atoms with Gasteiger partial charge in [-0.1, -0.05) is 29.8 Å². The Hall–Kier alpha value is -1.33. The van der Waals surface area contributed by atoms with Crippen LogP contribution in [0.5, 0.6) is 5.75 Å². The van der Waals surface area contributed by atoms with Crippen LogP contribution in [0.25, 0.3) is 0 Å². The van der Waals surface area contributed by atoms with Crippen LogP contribution in [0.1, 0.15) is 25.2 Å². The van der Waals surface area contributed by atoms with Gasteiger partial charge in [-0.05, 0) is 30.7 Å². The van der Waals surface area contributed by atoms with E-state index in [1.165, 1.54) is 0 Å². The molecule has 0 unspecified atom stereocenters. The minimum absolute atomic E-state index is 0.638. The Morgan fingerprint density at radius 2 is 2.19 bits per heavy atom. The maximum absolute atomic E-state index is 5.43. The molecule has 0 aliphatic heterocycles. The molecular weight excluding hydrogens is 330 g/mol. The summed E-state index contributed by atoms with van der Waals surface area (Å²) in [4.78, 5) is 4.44. The number of imidazole rings is 1. The molecule has 2 rings (SSSR count). The van der Waals surface area contributed by atoms with Gasteiger partial charge in [0.15, 0.2) is 0 Å². The molecule has 1 aromatic heterocycles. The number of nitrogens with one attached hydrogen (secondary N) is 1. The van der Waals surface area contributed by atoms with Gasteiger partial charge in [0.05, 0.1) is 20.2 Å². The number of nitrogens with zero attached hydrogens (tertiary/aromatic N) is 2. The van der Waals surface area contributed by atoms with E-state index < -0.39 is 0 Å². The Kier molecular flexibility index (Phi) is 5.82. The average Bonchev–Trinajstić information content (AvgIpc) is 2.86. The summed E-state index contributed by atoms with van der Waals surface area (Å²) >= 11 is 3.51. The van der Waals surface area contributed by atoms with Crippen LogP contribution in [0.2, 0.25) is 0 Å². The molecule has 1 heterocycles. The van der Waals surface area contributed by atoms with Crippen LogP contribution >= 0.6 is 15.9 Å². The van der Waals surface area contributed by atoms with Gasteiger partial charge in [-0.15, -0.1) is 0 Å². The molecule has 0 atom stereocenters. The number of ether oxygens (including phenoxy) is 1. The van der Waals surface area contributed by atoms with Crippen LogP contribution in [0.15, 0.2) is 35.1 Å². The first-order chi connectivity index (χ1) is 10.1. The third-order valence-corrected chi connectivity index (χ3v) is 3.71. The largest absolute Gasteiger partial charge is 0.496 e. The number of methoxy groups -OCH3 is 1. The smallest absolute Gasteiger partial charge is 0.123 e. The molecule has 0 aliphatic rings. The first kappa shape index (κ1) is 16.0. The lowest BCUT2D eigenvalue weighted by atomic mass is 10.2. The molecule has 0 aliphatic carbocycles. The average molecular weight is 352 g/mol. The molecule has 1 N–H and O–H groups in total. The normalized spacial score (nSPS) is 11.1. The van der Waals surface area contributed by atoms with E-state index in [0.29, 0.717) is 5.92 Å². The maximum Gasteiger partial charge on any atom is 0.123 e. The highest BCUT2D eigenvalue weighted by atomic mass is 79.9. The van der Waals surface area contributed by atoms with E-state index in [9.17, 15) is 0 Å². The van der Waals surface area contributed by atoms with Crippen molar-refractivity contribution in [3.63, 3.8) is 0 Å². The van der Waals surface area contributed by atoms with Crippen molar-refractivity contribution < 1.29 is 4.74 Å². The molecule has 2 aromatic rings. The van der Waals surface area contributed by atoms with Gasteiger partial charge >= 0.3 is 0 Å². The van der Waals surface area contributed by atoms with Crippen molar-refractivity contribution in [2.75, 3.05) is 13.7 Å². The van der Waals surface area contributed by atoms with Crippen LogP contribution in [0.3, 0.4) is 0 Å². The van der Waals surface area contributed by atoms with Crippen molar-refractivity contribution in [1.82, 2.24) is 14.9 Å². The van der Waals surface area contributed by atoms with Gasteiger partial charge in [-0.2, -0.15) is 0 Å². The van der Waals surface area contributed by atoms with Crippen LogP contribution in [-0.4, -0.2) is 23.2 Å². The molecule has 0 radical (unpaired) electrons. The lowest BCUT2D eigenvalue weighted by molar-refractivity contribution is 0.407. The molecule has 114 valence electrons. The molecule has 0 saturated carbocycles. The number of halogens is 1. The fourth-order valence-corrected chi connectivity index (χ4v) is 2.59. The quantitative estimate of drug-likeness (QED) is 0.830. The third kappa shape index (κ3) is 4.58. The molecule has 0 bridgehead atoms. The lowest BCUT2D eigenvalue weighted by Gasteiger charge is -2.13. The zero-order valence-corrected chi connectivity index (χ0v) is 14.4. The summed E-state index contributed by atoms with van der Waals surface area (Å²) < 4.78 is 8.64. The number of aromatic nitrogens is 2. The number of benzene rings is 1. The van der Waals surface area contributed by atoms with Crippen molar-refractivity contribution in [2.45, 2.75) is 26.9 Å². The highest BCUT2D eigenvalue weighted by molar-refractivity contribution is 9.10. The molecule has 1 aromatic carbocycles. The molecule has 0 spiro atoms. The molecule has 0 saturated heterocycles. The Morgan fingerprint density at radius 1 is 1.38 bits per heavy atom. The summed E-state index contributed by atoms with van der Waals surface area (Å²) in [5, 5.41) is 3.43. The second-order valence-electron chi connectivity index (χ2n) is 5.45. The van der Waals surface area contributed by atoms with E-state index >= 15 is 0 Å². The Balaban J connectivity index is 2.10. The topological polar surface area (TPSA) is 39.1 Å². The minimum Gasteiger partial charge on any atom is -0.496 e. The lowest BCUT2D eigenvalue weighted by Crippen LogP contribution is -2.21. The summed E-state index contributed by atoms with van der Waals surface area (Å²) in [6, 6.07) is 6.05. The van der Waals surface area contributed by atoms with E-state index in [1.807, 2.05) is 24.5 Å². The van der Waals surface area contributed by atoms with Gasteiger partial charge < -0.3 is 14.6 Å². The standard InChI is InChI=1S/C16H22BrN3O/c1-12(2)9-18-10-16-19-6-7-20(16)11-13-8-14(17)4-5-15(13)21-3/h4-8,12,18H,9-11H2,1-3H3. The van der Waals surface area contributed by atoms with Gasteiger partial charge in [0.1, 0.15) is 11.6 Å². The predicted octanol–water partition coefficient (Wildman–Crippen LogP) is 3.45. The van der Waals surface area contributed by atoms with Crippen molar-refractivity contribution >= 4 is 15.9 Å². The number of hydrogen-bond donors (Lipinski definition) is 1. The molecule has 0 amide bonds. The molecule has 0 fully saturated rings. The monoisotopic (exact) mass is 351 g/mol. The van der Waals surface area contributed by atoms with Gasteiger partial charge in [-0.25, -0.2) is 4.98 Å². The van der Waals surface area contributed by atoms with Crippen LogP contribution in [0, 0.1) is 5.92 Å². The highest BCUT2D eigenvalue weighted by Gasteiger charge is 2.08. The Labute approximate surface area is 134 Å². The fraction of sp³-hybridized carbons (Fsp3) is 0.438. The third-order valence-electron chi connectivity index (χ3n) is 3.22. The first-order valence-corrected chi connectivity index (χ1v) is 7.92. The summed E-state index contributed by atoms with van der Waals surface area (Å²) in [6.45, 7) is 6.92. The van der Waals surface area contributed by atoms with Gasteiger partial charge in [0.25, 0.3) is 0 Å². The van der Waals surface area contributed by atoms with Gasteiger partial charge in [0, 0.05) is 22.4 Å². The van der Waals surface area contributed by atoms with E-state index in [-0.39, 0.29) is 0 Å². The maximum atomic E-state index is 5.43. The highest BCUT2D eigenvalue weighted by Crippen LogP contribution is 2.24. The molecule has 21 heavy (non-hydrogen) atoms. The van der Waals surface area contributed by atoms with Crippen LogP contribution in [-0.2, 0) is 13.1 Å². The zero-order chi connectivity index (χ0) is 15.2. The minimum atomic E-state index is 0.638. The van der Waals surface area contributed by atoms with E-state index in [0.717, 1.165) is 41.2 Å². The van der Waals surface area contributed by atoms with Crippen molar-refractivity contribution in [3.8, 4) is 5.75 Å². The second kappa shape index (κ2) is 7.61. The fourth-order valence-electron chi connectivity index (χ4n) is 2.18. The van der Waals surface area contributed by atoms with Crippen LogP contribution < -0.4 is 10.1 Å². The van der Waals surface area contributed by atoms with Crippen molar-refractivity contribution in [1.29, 1.82) is 0 Å². The number of rotatable bonds is 7. The zero-order valence-electron chi connectivity index (χ0n) is 12.8. The van der Waals surface area contributed by atoms with Gasteiger partial charge in [0.2, 0.25) is 0 Å². The van der Waals surface area contributed by atoms with Crippen molar-refractivity contribution in [3.05, 3.63) is 46.5 Å². The summed E-state index contributed by atoms with van der Waals surface area (Å²) in [7, 11) is 1.70. The van der Waals surface area contributed by atoms with E-state index in [4.69, 9.17) is 4.74 Å². The molecular formula is C16H22BrN3O. The van der Waals surface area contributed by atoms with Crippen LogP contribution in [0.4, 0.5) is 0 Å². The summed E-state index contributed by atoms with van der Waals surface area (Å²) in [5.41, 5.74) is 1.13. The Bertz CT molecular complexity index is 581. The molecule has 4 nitrogen and oxygen atoms in total. The van der Waals surface area contributed by atoms with Gasteiger partial charge in [-0.3, -0.25) is 0 Å². The van der Waals surface area contributed by atoms with E-state index in [2.05, 4.69) is 50.7 Å². The second-order valence-corrected chi connectivity index (χ2v) is 6.37. The summed E-state index contributed by atoms with van der Waals surface area (Å²) in [6.07, 6.45) is 3.85. The SMILES string of the molecule is COc1ccc(Br)cc1Cn1ccnc1CNCC(C)C. The van der Waals surface area contributed by atoms with Crippen molar-refractivity contribution in [2.24, 2.45) is 5.92 Å².